The van der Waals surface area contributed by atoms with Gasteiger partial charge in [0, 0.05) is 81.6 Å². The van der Waals surface area contributed by atoms with Crippen molar-refractivity contribution in [1.29, 1.82) is 0 Å². The smallest absolute Gasteiger partial charge is 0.375 e. The van der Waals surface area contributed by atoms with Crippen LogP contribution >= 0.6 is 0 Å². The second kappa shape index (κ2) is 11.9. The number of anilines is 3. The molecule has 2 atom stereocenters. The zero-order valence-electron chi connectivity index (χ0n) is 24.3. The summed E-state index contributed by atoms with van der Waals surface area (Å²) in [5.74, 6) is -1.23. The molecular weight excluding hydrogens is 570 g/mol. The molecule has 0 unspecified atom stereocenters. The van der Waals surface area contributed by atoms with Gasteiger partial charge in [-0.25, -0.2) is 14.4 Å². The number of aromatic nitrogens is 3. The number of halogens is 4. The fourth-order valence-corrected chi connectivity index (χ4v) is 5.27. The van der Waals surface area contributed by atoms with E-state index in [1.165, 1.54) is 31.6 Å². The Morgan fingerprint density at radius 3 is 2.40 bits per heavy atom. The Morgan fingerprint density at radius 1 is 1.02 bits per heavy atom. The lowest BCUT2D eigenvalue weighted by Crippen LogP contribution is -2.50. The Hall–Kier alpha value is -4.04. The van der Waals surface area contributed by atoms with E-state index in [9.17, 15) is 22.8 Å². The van der Waals surface area contributed by atoms with Gasteiger partial charge in [0.25, 0.3) is 11.5 Å². The minimum atomic E-state index is -4.94. The Labute approximate surface area is 245 Å². The standard InChI is InChI=1S/C29H33F4N7O3/c1-17-14-39(6-5-37(17)3)25-11-23(30)20(19-12-34-28(35-13-19)40-7-8-43-18(2)15-40)9-24(25)36-27(42)21-16-38(4)26(41)10-22(21)29(31,32)33/h9-13,16-18H,5-8,14-15H2,1-4H3,(H,36,42)/t17-,18-/m0/s1. The number of nitrogens with zero attached hydrogens (tertiary/aromatic N) is 6. The average Bonchev–Trinajstić information content (AvgIpc) is 2.96. The van der Waals surface area contributed by atoms with Gasteiger partial charge in [0.15, 0.2) is 0 Å². The molecule has 4 heterocycles. The molecule has 0 saturated carbocycles. The van der Waals surface area contributed by atoms with Crippen molar-refractivity contribution >= 4 is 23.2 Å². The second-order valence-corrected chi connectivity index (χ2v) is 11.0. The first kappa shape index (κ1) is 30.4. The van der Waals surface area contributed by atoms with Crippen molar-refractivity contribution in [3.05, 3.63) is 64.1 Å². The predicted octanol–water partition coefficient (Wildman–Crippen LogP) is 3.62. The quantitative estimate of drug-likeness (QED) is 0.442. The topological polar surface area (TPSA) is 95.8 Å². The highest BCUT2D eigenvalue weighted by molar-refractivity contribution is 6.07. The van der Waals surface area contributed by atoms with Crippen LogP contribution in [-0.2, 0) is 18.0 Å². The first-order chi connectivity index (χ1) is 20.3. The molecule has 1 N–H and O–H groups in total. The maximum atomic E-state index is 15.7. The lowest BCUT2D eigenvalue weighted by atomic mass is 10.0. The lowest BCUT2D eigenvalue weighted by molar-refractivity contribution is -0.138. The third-order valence-electron chi connectivity index (χ3n) is 7.89. The minimum Gasteiger partial charge on any atom is -0.375 e. The number of carbonyl (C=O) groups is 1. The van der Waals surface area contributed by atoms with Crippen LogP contribution in [0, 0.1) is 5.82 Å². The summed E-state index contributed by atoms with van der Waals surface area (Å²) in [6.07, 6.45) is -1.14. The largest absolute Gasteiger partial charge is 0.417 e. The number of hydrogen-bond acceptors (Lipinski definition) is 8. The van der Waals surface area contributed by atoms with E-state index in [2.05, 4.69) is 20.2 Å². The summed E-state index contributed by atoms with van der Waals surface area (Å²) in [4.78, 5) is 40.2. The number of pyridine rings is 1. The third kappa shape index (κ3) is 6.49. The highest BCUT2D eigenvalue weighted by Crippen LogP contribution is 2.37. The molecule has 1 amide bonds. The maximum absolute atomic E-state index is 15.7. The van der Waals surface area contributed by atoms with Gasteiger partial charge in [-0.1, -0.05) is 0 Å². The molecule has 3 aromatic rings. The monoisotopic (exact) mass is 603 g/mol. The summed E-state index contributed by atoms with van der Waals surface area (Å²) in [5, 5.41) is 2.58. The number of likely N-dealkylation sites (N-methyl/N-ethyl adjacent to an activating group) is 1. The number of benzene rings is 1. The number of amides is 1. The third-order valence-corrected chi connectivity index (χ3v) is 7.89. The average molecular weight is 604 g/mol. The van der Waals surface area contributed by atoms with Crippen LogP contribution in [0.25, 0.3) is 11.1 Å². The molecule has 2 aliphatic rings. The Balaban J connectivity index is 1.54. The van der Waals surface area contributed by atoms with E-state index in [0.717, 1.165) is 10.8 Å². The van der Waals surface area contributed by atoms with Crippen LogP contribution in [-0.4, -0.2) is 83.9 Å². The molecule has 2 fully saturated rings. The van der Waals surface area contributed by atoms with Gasteiger partial charge in [0.05, 0.1) is 35.2 Å². The molecule has 2 saturated heterocycles. The highest BCUT2D eigenvalue weighted by atomic mass is 19.4. The number of aryl methyl sites for hydroxylation is 1. The lowest BCUT2D eigenvalue weighted by Gasteiger charge is -2.39. The molecule has 2 aromatic heterocycles. The van der Waals surface area contributed by atoms with E-state index >= 15 is 4.39 Å². The zero-order chi connectivity index (χ0) is 31.1. The van der Waals surface area contributed by atoms with Crippen LogP contribution in [0.2, 0.25) is 0 Å². The second-order valence-electron chi connectivity index (χ2n) is 11.0. The molecule has 2 aliphatic heterocycles. The summed E-state index contributed by atoms with van der Waals surface area (Å²) in [7, 11) is 3.22. The number of piperazine rings is 1. The van der Waals surface area contributed by atoms with Gasteiger partial charge in [-0.15, -0.1) is 0 Å². The van der Waals surface area contributed by atoms with Crippen LogP contribution in [0.15, 0.2) is 41.6 Å². The maximum Gasteiger partial charge on any atom is 0.417 e. The molecule has 0 radical (unpaired) electrons. The van der Waals surface area contributed by atoms with Gasteiger partial charge in [-0.05, 0) is 33.0 Å². The van der Waals surface area contributed by atoms with Crippen LogP contribution in [0.1, 0.15) is 29.8 Å². The van der Waals surface area contributed by atoms with Crippen LogP contribution in [0.4, 0.5) is 34.9 Å². The molecule has 230 valence electrons. The van der Waals surface area contributed by atoms with Crippen molar-refractivity contribution in [2.24, 2.45) is 7.05 Å². The summed E-state index contributed by atoms with van der Waals surface area (Å²) >= 11 is 0. The molecule has 0 spiro atoms. The van der Waals surface area contributed by atoms with Gasteiger partial charge >= 0.3 is 6.18 Å². The zero-order valence-corrected chi connectivity index (χ0v) is 24.3. The predicted molar refractivity (Wildman–Crippen MR) is 154 cm³/mol. The van der Waals surface area contributed by atoms with E-state index < -0.39 is 34.6 Å². The molecular formula is C29H33F4N7O3. The van der Waals surface area contributed by atoms with E-state index in [-0.39, 0.29) is 23.4 Å². The van der Waals surface area contributed by atoms with E-state index in [1.807, 2.05) is 30.7 Å². The fraction of sp³-hybridized carbons (Fsp3) is 0.448. The summed E-state index contributed by atoms with van der Waals surface area (Å²) in [6, 6.07) is 3.15. The normalized spacial score (nSPS) is 19.9. The molecule has 43 heavy (non-hydrogen) atoms. The summed E-state index contributed by atoms with van der Waals surface area (Å²) in [6.45, 7) is 7.36. The van der Waals surface area contributed by atoms with Crippen molar-refractivity contribution in [2.75, 3.05) is 61.5 Å². The first-order valence-corrected chi connectivity index (χ1v) is 13.9. The molecule has 0 aliphatic carbocycles. The van der Waals surface area contributed by atoms with Gasteiger partial charge in [0.2, 0.25) is 5.95 Å². The number of nitrogens with one attached hydrogen (secondary N) is 1. The van der Waals surface area contributed by atoms with Crippen molar-refractivity contribution in [1.82, 2.24) is 19.4 Å². The van der Waals surface area contributed by atoms with Crippen LogP contribution < -0.4 is 20.7 Å². The van der Waals surface area contributed by atoms with Crippen molar-refractivity contribution < 1.29 is 27.1 Å². The molecule has 1 aromatic carbocycles. The summed E-state index contributed by atoms with van der Waals surface area (Å²) < 4.78 is 63.6. The number of morpholine rings is 1. The van der Waals surface area contributed by atoms with Crippen LogP contribution in [0.5, 0.6) is 0 Å². The molecule has 5 rings (SSSR count). The Kier molecular flexibility index (Phi) is 8.43. The van der Waals surface area contributed by atoms with E-state index in [1.54, 1.807) is 0 Å². The van der Waals surface area contributed by atoms with Gasteiger partial charge in [-0.3, -0.25) is 9.59 Å². The summed E-state index contributed by atoms with van der Waals surface area (Å²) in [5.41, 5.74) is -2.15. The first-order valence-electron chi connectivity index (χ1n) is 13.9. The van der Waals surface area contributed by atoms with Gasteiger partial charge in [0.1, 0.15) is 5.82 Å². The van der Waals surface area contributed by atoms with Crippen molar-refractivity contribution in [3.63, 3.8) is 0 Å². The van der Waals surface area contributed by atoms with Crippen molar-refractivity contribution in [3.8, 4) is 11.1 Å². The Morgan fingerprint density at radius 2 is 1.74 bits per heavy atom. The Bertz CT molecular complexity index is 1560. The number of hydrogen-bond donors (Lipinski definition) is 1. The highest BCUT2D eigenvalue weighted by Gasteiger charge is 2.36. The fourth-order valence-electron chi connectivity index (χ4n) is 5.27. The number of carbonyl (C=O) groups excluding carboxylic acids is 1. The number of ether oxygens (including phenoxy) is 1. The molecule has 14 heteroatoms. The van der Waals surface area contributed by atoms with Gasteiger partial charge in [-0.2, -0.15) is 13.2 Å². The van der Waals surface area contributed by atoms with E-state index in [4.69, 9.17) is 4.74 Å². The molecule has 10 nitrogen and oxygen atoms in total. The molecule has 0 bridgehead atoms. The number of rotatable bonds is 5. The number of alkyl halides is 3. The SMILES string of the molecule is C[C@H]1CN(c2ncc(-c3cc(NC(=O)c4cn(C)c(=O)cc4C(F)(F)F)c(N4CCN(C)[C@@H](C)C4)cc3F)cn2)CCO1. The van der Waals surface area contributed by atoms with Crippen molar-refractivity contribution in [2.45, 2.75) is 32.2 Å². The van der Waals surface area contributed by atoms with E-state index in [0.29, 0.717) is 62.6 Å². The van der Waals surface area contributed by atoms with Crippen LogP contribution in [0.3, 0.4) is 0 Å². The minimum absolute atomic E-state index is 0.00960. The van der Waals surface area contributed by atoms with Gasteiger partial charge < -0.3 is 29.3 Å².